The van der Waals surface area contributed by atoms with Gasteiger partial charge in [0.2, 0.25) is 0 Å². The van der Waals surface area contributed by atoms with Gasteiger partial charge in [0.25, 0.3) is 0 Å². The summed E-state index contributed by atoms with van der Waals surface area (Å²) in [5.41, 5.74) is -0.371. The average Bonchev–Trinajstić information content (AvgIpc) is 2.33. The van der Waals surface area contributed by atoms with Crippen LogP contribution in [0.25, 0.3) is 0 Å². The highest BCUT2D eigenvalue weighted by Gasteiger charge is 2.43. The Morgan fingerprint density at radius 1 is 1.25 bits per heavy atom. The summed E-state index contributed by atoms with van der Waals surface area (Å²) >= 11 is 0. The SMILES string of the molecule is CCC1CCC(C2(O)CCNCC2C)CC1. The predicted molar refractivity (Wildman–Crippen MR) is 67.3 cm³/mol. The number of aliphatic hydroxyl groups is 1. The van der Waals surface area contributed by atoms with Gasteiger partial charge in [0.1, 0.15) is 0 Å². The van der Waals surface area contributed by atoms with E-state index in [1.807, 2.05) is 0 Å². The summed E-state index contributed by atoms with van der Waals surface area (Å²) in [5, 5.41) is 14.3. The zero-order chi connectivity index (χ0) is 11.6. The van der Waals surface area contributed by atoms with Crippen LogP contribution in [0, 0.1) is 17.8 Å². The van der Waals surface area contributed by atoms with Crippen molar-refractivity contribution < 1.29 is 5.11 Å². The van der Waals surface area contributed by atoms with Gasteiger partial charge in [-0.15, -0.1) is 0 Å². The lowest BCUT2D eigenvalue weighted by atomic mass is 9.66. The molecule has 2 N–H and O–H groups in total. The zero-order valence-electron chi connectivity index (χ0n) is 10.8. The molecule has 2 nitrogen and oxygen atoms in total. The summed E-state index contributed by atoms with van der Waals surface area (Å²) < 4.78 is 0. The maximum atomic E-state index is 10.9. The van der Waals surface area contributed by atoms with Gasteiger partial charge in [-0.3, -0.25) is 0 Å². The van der Waals surface area contributed by atoms with Gasteiger partial charge in [-0.05, 0) is 43.6 Å². The Hall–Kier alpha value is -0.0800. The first-order valence-electron chi connectivity index (χ1n) is 7.10. The minimum absolute atomic E-state index is 0.371. The fourth-order valence-electron chi connectivity index (χ4n) is 3.71. The molecule has 94 valence electrons. The lowest BCUT2D eigenvalue weighted by Gasteiger charge is -2.46. The fourth-order valence-corrected chi connectivity index (χ4v) is 3.71. The second-order valence-corrected chi connectivity index (χ2v) is 5.97. The molecule has 1 saturated heterocycles. The van der Waals surface area contributed by atoms with Crippen molar-refractivity contribution in [3.63, 3.8) is 0 Å². The van der Waals surface area contributed by atoms with Crippen molar-refractivity contribution in [3.05, 3.63) is 0 Å². The van der Waals surface area contributed by atoms with Gasteiger partial charge in [-0.25, -0.2) is 0 Å². The summed E-state index contributed by atoms with van der Waals surface area (Å²) in [5.74, 6) is 1.91. The Balaban J connectivity index is 1.96. The highest BCUT2D eigenvalue weighted by atomic mass is 16.3. The topological polar surface area (TPSA) is 32.3 Å². The van der Waals surface area contributed by atoms with Gasteiger partial charge in [0, 0.05) is 6.54 Å². The lowest BCUT2D eigenvalue weighted by molar-refractivity contribution is -0.0960. The second-order valence-electron chi connectivity index (χ2n) is 5.97. The molecule has 2 rings (SSSR count). The molecule has 1 aliphatic carbocycles. The summed E-state index contributed by atoms with van der Waals surface area (Å²) in [6.07, 6.45) is 7.45. The molecule has 1 aliphatic heterocycles. The van der Waals surface area contributed by atoms with Crippen LogP contribution in [-0.2, 0) is 0 Å². The summed E-state index contributed by atoms with van der Waals surface area (Å²) in [6, 6.07) is 0. The Labute approximate surface area is 99.8 Å². The minimum Gasteiger partial charge on any atom is -0.389 e. The first-order chi connectivity index (χ1) is 7.66. The quantitative estimate of drug-likeness (QED) is 0.757. The molecule has 0 aromatic heterocycles. The van der Waals surface area contributed by atoms with Crippen LogP contribution in [0.5, 0.6) is 0 Å². The fraction of sp³-hybridized carbons (Fsp3) is 1.00. The van der Waals surface area contributed by atoms with Gasteiger partial charge < -0.3 is 10.4 Å². The number of hydrogen-bond donors (Lipinski definition) is 2. The summed E-state index contributed by atoms with van der Waals surface area (Å²) in [6.45, 7) is 6.49. The van der Waals surface area contributed by atoms with Crippen molar-refractivity contribution in [1.29, 1.82) is 0 Å². The van der Waals surface area contributed by atoms with Crippen LogP contribution in [0.1, 0.15) is 52.4 Å². The summed E-state index contributed by atoms with van der Waals surface area (Å²) in [7, 11) is 0. The third kappa shape index (κ3) is 2.28. The van der Waals surface area contributed by atoms with Crippen LogP contribution < -0.4 is 5.32 Å². The number of hydrogen-bond acceptors (Lipinski definition) is 2. The molecule has 0 spiro atoms. The van der Waals surface area contributed by atoms with Crippen molar-refractivity contribution in [2.24, 2.45) is 17.8 Å². The van der Waals surface area contributed by atoms with E-state index >= 15 is 0 Å². The molecule has 1 heterocycles. The largest absolute Gasteiger partial charge is 0.389 e. The van der Waals surface area contributed by atoms with Crippen molar-refractivity contribution in [2.75, 3.05) is 13.1 Å². The Bertz CT molecular complexity index is 223. The molecule has 2 aliphatic rings. The van der Waals surface area contributed by atoms with Crippen molar-refractivity contribution in [3.8, 4) is 0 Å². The van der Waals surface area contributed by atoms with Gasteiger partial charge in [0.15, 0.2) is 0 Å². The van der Waals surface area contributed by atoms with Gasteiger partial charge in [-0.2, -0.15) is 0 Å². The van der Waals surface area contributed by atoms with Gasteiger partial charge in [-0.1, -0.05) is 33.1 Å². The van der Waals surface area contributed by atoms with E-state index in [-0.39, 0.29) is 5.60 Å². The predicted octanol–water partition coefficient (Wildman–Crippen LogP) is 2.56. The van der Waals surface area contributed by atoms with Gasteiger partial charge in [0.05, 0.1) is 5.60 Å². The molecule has 0 radical (unpaired) electrons. The molecule has 0 aromatic carbocycles. The summed E-state index contributed by atoms with van der Waals surface area (Å²) in [4.78, 5) is 0. The van der Waals surface area contributed by atoms with Crippen LogP contribution >= 0.6 is 0 Å². The van der Waals surface area contributed by atoms with E-state index in [0.29, 0.717) is 11.8 Å². The van der Waals surface area contributed by atoms with Crippen molar-refractivity contribution >= 4 is 0 Å². The third-order valence-corrected chi connectivity index (χ3v) is 5.14. The monoisotopic (exact) mass is 225 g/mol. The van der Waals surface area contributed by atoms with E-state index in [4.69, 9.17) is 0 Å². The molecule has 2 fully saturated rings. The third-order valence-electron chi connectivity index (χ3n) is 5.14. The second kappa shape index (κ2) is 5.05. The van der Waals surface area contributed by atoms with E-state index in [0.717, 1.165) is 25.4 Å². The maximum absolute atomic E-state index is 10.9. The van der Waals surface area contributed by atoms with Crippen LogP contribution in [0.15, 0.2) is 0 Å². The van der Waals surface area contributed by atoms with Crippen molar-refractivity contribution in [2.45, 2.75) is 58.0 Å². The zero-order valence-corrected chi connectivity index (χ0v) is 10.8. The molecular weight excluding hydrogens is 198 g/mol. The van der Waals surface area contributed by atoms with Crippen LogP contribution in [0.4, 0.5) is 0 Å². The smallest absolute Gasteiger partial charge is 0.0725 e. The maximum Gasteiger partial charge on any atom is 0.0725 e. The van der Waals surface area contributed by atoms with E-state index in [9.17, 15) is 5.11 Å². The molecule has 2 unspecified atom stereocenters. The minimum atomic E-state index is -0.371. The van der Waals surface area contributed by atoms with E-state index in [2.05, 4.69) is 19.2 Å². The first-order valence-corrected chi connectivity index (χ1v) is 7.10. The molecule has 16 heavy (non-hydrogen) atoms. The standard InChI is InChI=1S/C14H27NO/c1-3-12-4-6-13(7-5-12)14(16)8-9-15-10-11(14)2/h11-13,15-16H,3-10H2,1-2H3. The van der Waals surface area contributed by atoms with Crippen LogP contribution in [-0.4, -0.2) is 23.8 Å². The lowest BCUT2D eigenvalue weighted by Crippen LogP contribution is -2.54. The molecule has 1 saturated carbocycles. The highest BCUT2D eigenvalue weighted by molar-refractivity contribution is 4.96. The first kappa shape index (κ1) is 12.4. The van der Waals surface area contributed by atoms with Crippen LogP contribution in [0.3, 0.4) is 0 Å². The number of piperidine rings is 1. The average molecular weight is 225 g/mol. The molecule has 0 bridgehead atoms. The van der Waals surface area contributed by atoms with Gasteiger partial charge >= 0.3 is 0 Å². The van der Waals surface area contributed by atoms with Crippen molar-refractivity contribution in [1.82, 2.24) is 5.32 Å². The number of rotatable bonds is 2. The number of nitrogens with one attached hydrogen (secondary N) is 1. The molecule has 2 heteroatoms. The molecule has 2 atom stereocenters. The molecule has 0 amide bonds. The molecule has 0 aromatic rings. The Kier molecular flexibility index (Phi) is 3.91. The molecular formula is C14H27NO. The highest BCUT2D eigenvalue weighted by Crippen LogP contribution is 2.42. The van der Waals surface area contributed by atoms with E-state index in [1.165, 1.54) is 32.1 Å². The van der Waals surface area contributed by atoms with E-state index in [1.54, 1.807) is 0 Å². The Morgan fingerprint density at radius 3 is 2.50 bits per heavy atom. The van der Waals surface area contributed by atoms with E-state index < -0.39 is 0 Å². The van der Waals surface area contributed by atoms with Crippen LogP contribution in [0.2, 0.25) is 0 Å². The normalized spacial score (nSPS) is 45.6. The Morgan fingerprint density at radius 2 is 1.94 bits per heavy atom.